The highest BCUT2D eigenvalue weighted by molar-refractivity contribution is 6.10. The number of likely N-dealkylation sites (N-methyl/N-ethyl adjacent to an activating group) is 2. The predicted molar refractivity (Wildman–Crippen MR) is 157 cm³/mol. The largest absolute Gasteiger partial charge is 0.394 e. The van der Waals surface area contributed by atoms with Gasteiger partial charge in [-0.1, -0.05) is 49.4 Å². The van der Waals surface area contributed by atoms with E-state index in [9.17, 15) is 14.7 Å². The van der Waals surface area contributed by atoms with Gasteiger partial charge in [-0.3, -0.25) is 14.5 Å². The lowest BCUT2D eigenvalue weighted by atomic mass is 9.96. The average Bonchev–Trinajstić information content (AvgIpc) is 3.52. The minimum atomic E-state index is -0.385. The van der Waals surface area contributed by atoms with Gasteiger partial charge in [0.2, 0.25) is 5.91 Å². The number of hydrogen-bond donors (Lipinski definition) is 1. The van der Waals surface area contributed by atoms with E-state index < -0.39 is 0 Å². The minimum absolute atomic E-state index is 0.0853. The Morgan fingerprint density at radius 2 is 1.88 bits per heavy atom. The Balaban J connectivity index is 1.58. The molecular weight excluding hydrogens is 504 g/mol. The Labute approximate surface area is 237 Å². The van der Waals surface area contributed by atoms with Crippen LogP contribution in [-0.2, 0) is 23.2 Å². The van der Waals surface area contributed by atoms with Crippen LogP contribution in [0.3, 0.4) is 0 Å². The summed E-state index contributed by atoms with van der Waals surface area (Å²) in [5.74, 6) is -0.0893. The van der Waals surface area contributed by atoms with Crippen molar-refractivity contribution in [3.63, 3.8) is 0 Å². The maximum absolute atomic E-state index is 14.4. The molecule has 214 valence electrons. The number of hydrogen-bond acceptors (Lipinski definition) is 5. The first kappa shape index (κ1) is 28.3. The van der Waals surface area contributed by atoms with Crippen molar-refractivity contribution in [2.75, 3.05) is 40.3 Å². The lowest BCUT2D eigenvalue weighted by Crippen LogP contribution is -2.49. The number of nitrogens with zero attached hydrogens (tertiary/aromatic N) is 4. The molecule has 2 aromatic carbocycles. The van der Waals surface area contributed by atoms with Crippen molar-refractivity contribution in [2.24, 2.45) is 13.0 Å². The molecule has 8 nitrogen and oxygen atoms in total. The number of benzene rings is 2. The van der Waals surface area contributed by atoms with Crippen LogP contribution in [-0.4, -0.2) is 94.7 Å². The van der Waals surface area contributed by atoms with Crippen LogP contribution >= 0.6 is 0 Å². The molecule has 0 radical (unpaired) electrons. The summed E-state index contributed by atoms with van der Waals surface area (Å²) >= 11 is 0. The molecule has 40 heavy (non-hydrogen) atoms. The third kappa shape index (κ3) is 5.16. The van der Waals surface area contributed by atoms with Crippen molar-refractivity contribution in [2.45, 2.75) is 51.5 Å². The van der Waals surface area contributed by atoms with Gasteiger partial charge in [0.25, 0.3) is 5.91 Å². The number of ether oxygens (including phenoxy) is 1. The first-order chi connectivity index (χ1) is 19.2. The summed E-state index contributed by atoms with van der Waals surface area (Å²) in [7, 11) is 5.80. The number of para-hydroxylation sites is 1. The van der Waals surface area contributed by atoms with Crippen LogP contribution < -0.4 is 0 Å². The number of carbonyl (C=O) groups excluding carboxylic acids is 2. The fourth-order valence-corrected chi connectivity index (χ4v) is 6.36. The van der Waals surface area contributed by atoms with Gasteiger partial charge in [-0.2, -0.15) is 0 Å². The van der Waals surface area contributed by atoms with E-state index in [2.05, 4.69) is 30.0 Å². The van der Waals surface area contributed by atoms with Crippen molar-refractivity contribution < 1.29 is 19.4 Å². The molecule has 0 unspecified atom stereocenters. The van der Waals surface area contributed by atoms with Gasteiger partial charge >= 0.3 is 0 Å². The number of rotatable bonds is 5. The molecule has 8 heteroatoms. The summed E-state index contributed by atoms with van der Waals surface area (Å²) in [6, 6.07) is 15.7. The molecule has 1 aromatic heterocycles. The molecule has 3 heterocycles. The number of fused-ring (bicyclic) bond motifs is 5. The Morgan fingerprint density at radius 3 is 2.60 bits per heavy atom. The first-order valence-corrected chi connectivity index (χ1v) is 14.4. The topological polar surface area (TPSA) is 78.2 Å². The molecule has 0 aliphatic carbocycles. The van der Waals surface area contributed by atoms with Crippen molar-refractivity contribution in [3.8, 4) is 11.1 Å². The third-order valence-electron chi connectivity index (χ3n) is 8.86. The highest BCUT2D eigenvalue weighted by atomic mass is 16.5. The zero-order valence-electron chi connectivity index (χ0n) is 24.3. The normalized spacial score (nSPS) is 23.0. The SMILES string of the molecule is C[C@@H]1CN([C@@H](C)CO)C(=O)c2c(c3ccccc3n2C)-c2ccccc2CO[C@@H]1CN(C)C(=O)[C@H]1CCCN1C. The van der Waals surface area contributed by atoms with Crippen molar-refractivity contribution >= 4 is 22.7 Å². The molecule has 1 fully saturated rings. The van der Waals surface area contributed by atoms with E-state index in [-0.39, 0.29) is 42.5 Å². The van der Waals surface area contributed by atoms with Crippen LogP contribution in [0, 0.1) is 5.92 Å². The second-order valence-electron chi connectivity index (χ2n) is 11.6. The Kier molecular flexibility index (Phi) is 8.31. The molecule has 4 atom stereocenters. The molecule has 5 rings (SSSR count). The van der Waals surface area contributed by atoms with Gasteiger partial charge in [-0.05, 0) is 50.6 Å². The van der Waals surface area contributed by atoms with E-state index in [1.165, 1.54) is 0 Å². The number of aryl methyl sites for hydroxylation is 1. The van der Waals surface area contributed by atoms with Gasteiger partial charge in [0.15, 0.2) is 0 Å². The molecule has 2 aliphatic rings. The summed E-state index contributed by atoms with van der Waals surface area (Å²) in [6.45, 7) is 5.92. The maximum Gasteiger partial charge on any atom is 0.271 e. The molecular formula is C32H42N4O4. The smallest absolute Gasteiger partial charge is 0.271 e. The van der Waals surface area contributed by atoms with Gasteiger partial charge in [0, 0.05) is 49.6 Å². The number of likely N-dealkylation sites (tertiary alicyclic amines) is 1. The lowest BCUT2D eigenvalue weighted by molar-refractivity contribution is -0.137. The average molecular weight is 547 g/mol. The van der Waals surface area contributed by atoms with Crippen LogP contribution in [0.15, 0.2) is 48.5 Å². The number of aliphatic hydroxyl groups is 1. The van der Waals surface area contributed by atoms with E-state index in [0.717, 1.165) is 47.0 Å². The van der Waals surface area contributed by atoms with Gasteiger partial charge in [0.1, 0.15) is 5.69 Å². The highest BCUT2D eigenvalue weighted by Gasteiger charge is 2.35. The zero-order chi connectivity index (χ0) is 28.6. The predicted octanol–water partition coefficient (Wildman–Crippen LogP) is 3.76. The van der Waals surface area contributed by atoms with Crippen LogP contribution in [0.25, 0.3) is 22.0 Å². The number of carbonyl (C=O) groups is 2. The highest BCUT2D eigenvalue weighted by Crippen LogP contribution is 2.38. The van der Waals surface area contributed by atoms with E-state index in [1.54, 1.807) is 9.80 Å². The summed E-state index contributed by atoms with van der Waals surface area (Å²) in [5, 5.41) is 11.2. The summed E-state index contributed by atoms with van der Waals surface area (Å²) < 4.78 is 8.62. The Hall–Kier alpha value is -3.20. The summed E-state index contributed by atoms with van der Waals surface area (Å²) in [6.07, 6.45) is 1.60. The van der Waals surface area contributed by atoms with Gasteiger partial charge in [-0.15, -0.1) is 0 Å². The first-order valence-electron chi connectivity index (χ1n) is 14.4. The Morgan fingerprint density at radius 1 is 1.15 bits per heavy atom. The second kappa shape index (κ2) is 11.7. The number of aliphatic hydroxyl groups excluding tert-OH is 1. The lowest BCUT2D eigenvalue weighted by Gasteiger charge is -2.35. The van der Waals surface area contributed by atoms with E-state index in [0.29, 0.717) is 25.4 Å². The molecule has 1 N–H and O–H groups in total. The van der Waals surface area contributed by atoms with Gasteiger partial charge < -0.3 is 24.2 Å². The molecule has 0 bridgehead atoms. The fourth-order valence-electron chi connectivity index (χ4n) is 6.36. The van der Waals surface area contributed by atoms with Crippen molar-refractivity contribution in [1.29, 1.82) is 0 Å². The fraction of sp³-hybridized carbons (Fsp3) is 0.500. The maximum atomic E-state index is 14.4. The quantitative estimate of drug-likeness (QED) is 0.528. The van der Waals surface area contributed by atoms with Crippen molar-refractivity contribution in [1.82, 2.24) is 19.3 Å². The molecule has 2 amide bonds. The van der Waals surface area contributed by atoms with Crippen LogP contribution in [0.1, 0.15) is 42.7 Å². The summed E-state index contributed by atoms with van der Waals surface area (Å²) in [5.41, 5.74) is 4.44. The van der Waals surface area contributed by atoms with Crippen molar-refractivity contribution in [3.05, 3.63) is 59.8 Å². The molecule has 3 aromatic rings. The molecule has 0 saturated carbocycles. The standard InChI is InChI=1S/C32H42N4O4/c1-21-17-36(22(2)19-37)32(39)30-29(25-13-8-9-14-26(25)35(30)5)24-12-7-6-11-23(24)20-40-28(21)18-34(4)31(38)27-15-10-16-33(27)3/h6-9,11-14,21-22,27-28,37H,10,15-20H2,1-5H3/t21-,22+,27-,28-/m1/s1. The number of amides is 2. The molecule has 2 aliphatic heterocycles. The molecule has 1 saturated heterocycles. The molecule has 0 spiro atoms. The third-order valence-corrected chi connectivity index (χ3v) is 8.86. The van der Waals surface area contributed by atoms with Crippen LogP contribution in [0.5, 0.6) is 0 Å². The van der Waals surface area contributed by atoms with E-state index in [4.69, 9.17) is 4.74 Å². The van der Waals surface area contributed by atoms with E-state index in [1.807, 2.05) is 63.0 Å². The number of aromatic nitrogens is 1. The second-order valence-corrected chi connectivity index (χ2v) is 11.6. The summed E-state index contributed by atoms with van der Waals surface area (Å²) in [4.78, 5) is 33.5. The van der Waals surface area contributed by atoms with Gasteiger partial charge in [-0.25, -0.2) is 0 Å². The van der Waals surface area contributed by atoms with Gasteiger partial charge in [0.05, 0.1) is 31.4 Å². The van der Waals surface area contributed by atoms with Crippen LogP contribution in [0.2, 0.25) is 0 Å². The minimum Gasteiger partial charge on any atom is -0.394 e. The zero-order valence-corrected chi connectivity index (χ0v) is 24.3. The monoisotopic (exact) mass is 546 g/mol. The van der Waals surface area contributed by atoms with Crippen LogP contribution in [0.4, 0.5) is 0 Å². The van der Waals surface area contributed by atoms with E-state index >= 15 is 0 Å². The Bertz CT molecular complexity index is 1380.